The van der Waals surface area contributed by atoms with Crippen molar-refractivity contribution in [2.24, 2.45) is 0 Å². The van der Waals surface area contributed by atoms with E-state index >= 15 is 0 Å². The van der Waals surface area contributed by atoms with E-state index in [0.717, 1.165) is 4.90 Å². The molecule has 1 aromatic carbocycles. The molecule has 10 heteroatoms. The Morgan fingerprint density at radius 2 is 1.82 bits per heavy atom. The second-order valence-corrected chi connectivity index (χ2v) is 6.54. The normalized spacial score (nSPS) is 18.5. The van der Waals surface area contributed by atoms with Gasteiger partial charge in [-0.3, -0.25) is 24.1 Å². The number of hydrogen-bond acceptors (Lipinski definition) is 6. The molecule has 1 heterocycles. The van der Waals surface area contributed by atoms with Crippen LogP contribution in [0.4, 0.5) is 4.79 Å². The van der Waals surface area contributed by atoms with Gasteiger partial charge in [-0.1, -0.05) is 30.3 Å². The van der Waals surface area contributed by atoms with Crippen LogP contribution in [-0.2, 0) is 29.5 Å². The Labute approximate surface area is 161 Å². The smallest absolute Gasteiger partial charge is 0.326 e. The first kappa shape index (κ1) is 20.9. The number of amides is 5. The molecule has 1 aliphatic heterocycles. The van der Waals surface area contributed by atoms with Gasteiger partial charge in [0.05, 0.1) is 6.54 Å². The van der Waals surface area contributed by atoms with Crippen LogP contribution in [0.5, 0.6) is 0 Å². The number of carbonyl (C=O) groups excluding carboxylic acids is 5. The van der Waals surface area contributed by atoms with Gasteiger partial charge in [-0.15, -0.1) is 0 Å². The quantitative estimate of drug-likeness (QED) is 0.464. The molecular weight excluding hydrogens is 368 g/mol. The van der Waals surface area contributed by atoms with Crippen molar-refractivity contribution in [3.05, 3.63) is 35.9 Å². The Morgan fingerprint density at radius 3 is 2.43 bits per heavy atom. The molecule has 1 fully saturated rings. The van der Waals surface area contributed by atoms with Gasteiger partial charge in [-0.05, 0) is 12.5 Å². The minimum atomic E-state index is -1.29. The van der Waals surface area contributed by atoms with Crippen molar-refractivity contribution < 1.29 is 28.7 Å². The Hall–Kier alpha value is -3.43. The standard InChI is InChI=1S/C18H22N4O6/c1-18(12-7-5-4-6-8-12)16(26)22(17(27)20-18)10-15(25)28-11-13(23)19-9-14(24)21(2)3/h4-8H,9-11H2,1-3H3,(H,19,23)(H,20,27)/t18-/m0/s1. The zero-order valence-electron chi connectivity index (χ0n) is 15.9. The van der Waals surface area contributed by atoms with Gasteiger partial charge < -0.3 is 20.3 Å². The maximum absolute atomic E-state index is 12.7. The number of likely N-dealkylation sites (N-methyl/N-ethyl adjacent to an activating group) is 1. The van der Waals surface area contributed by atoms with E-state index in [1.807, 2.05) is 0 Å². The molecule has 0 aromatic heterocycles. The largest absolute Gasteiger partial charge is 0.454 e. The molecule has 5 amide bonds. The number of ether oxygens (including phenoxy) is 1. The first-order valence-electron chi connectivity index (χ1n) is 8.47. The molecule has 10 nitrogen and oxygen atoms in total. The zero-order chi connectivity index (χ0) is 20.9. The number of carbonyl (C=O) groups is 5. The summed E-state index contributed by atoms with van der Waals surface area (Å²) in [5.74, 6) is -2.51. The van der Waals surface area contributed by atoms with E-state index in [9.17, 15) is 24.0 Å². The van der Waals surface area contributed by atoms with Gasteiger partial charge >= 0.3 is 12.0 Å². The molecule has 0 radical (unpaired) electrons. The first-order chi connectivity index (χ1) is 13.1. The average molecular weight is 390 g/mol. The summed E-state index contributed by atoms with van der Waals surface area (Å²) >= 11 is 0. The molecule has 150 valence electrons. The number of benzene rings is 1. The molecule has 0 saturated carbocycles. The summed E-state index contributed by atoms with van der Waals surface area (Å²) in [4.78, 5) is 61.8. The molecule has 1 saturated heterocycles. The van der Waals surface area contributed by atoms with Crippen LogP contribution in [0.15, 0.2) is 30.3 Å². The van der Waals surface area contributed by atoms with Crippen molar-refractivity contribution in [3.63, 3.8) is 0 Å². The van der Waals surface area contributed by atoms with E-state index in [0.29, 0.717) is 5.56 Å². The Kier molecular flexibility index (Phi) is 6.34. The average Bonchev–Trinajstić information content (AvgIpc) is 2.89. The maximum atomic E-state index is 12.7. The second-order valence-electron chi connectivity index (χ2n) is 6.54. The first-order valence-corrected chi connectivity index (χ1v) is 8.47. The predicted molar refractivity (Wildman–Crippen MR) is 96.7 cm³/mol. The summed E-state index contributed by atoms with van der Waals surface area (Å²) in [7, 11) is 3.08. The molecule has 0 bridgehead atoms. The number of esters is 1. The summed E-state index contributed by atoms with van der Waals surface area (Å²) in [6, 6.07) is 7.90. The Balaban J connectivity index is 1.88. The third kappa shape index (κ3) is 4.64. The molecule has 1 aromatic rings. The van der Waals surface area contributed by atoms with Crippen molar-refractivity contribution >= 4 is 29.7 Å². The number of nitrogens with zero attached hydrogens (tertiary/aromatic N) is 2. The van der Waals surface area contributed by atoms with E-state index in [1.54, 1.807) is 37.3 Å². The third-order valence-corrected chi connectivity index (χ3v) is 4.21. The molecule has 0 spiro atoms. The fourth-order valence-corrected chi connectivity index (χ4v) is 2.51. The molecular formula is C18H22N4O6. The van der Waals surface area contributed by atoms with Gasteiger partial charge in [0.25, 0.3) is 11.8 Å². The van der Waals surface area contributed by atoms with Gasteiger partial charge in [0.1, 0.15) is 12.1 Å². The SMILES string of the molecule is CN(C)C(=O)CNC(=O)COC(=O)CN1C(=O)N[C@@](C)(c2ccccc2)C1=O. The van der Waals surface area contributed by atoms with Gasteiger partial charge in [0.2, 0.25) is 5.91 Å². The monoisotopic (exact) mass is 390 g/mol. The second kappa shape index (κ2) is 8.51. The van der Waals surface area contributed by atoms with Crippen molar-refractivity contribution in [3.8, 4) is 0 Å². The maximum Gasteiger partial charge on any atom is 0.326 e. The van der Waals surface area contributed by atoms with Gasteiger partial charge in [0, 0.05) is 14.1 Å². The van der Waals surface area contributed by atoms with Crippen LogP contribution in [0.25, 0.3) is 0 Å². The summed E-state index contributed by atoms with van der Waals surface area (Å²) in [6.45, 7) is 0.0606. The molecule has 2 N–H and O–H groups in total. The van der Waals surface area contributed by atoms with Crippen LogP contribution < -0.4 is 10.6 Å². The number of hydrogen-bond donors (Lipinski definition) is 2. The Morgan fingerprint density at radius 1 is 1.18 bits per heavy atom. The highest BCUT2D eigenvalue weighted by Crippen LogP contribution is 2.28. The van der Waals surface area contributed by atoms with Crippen LogP contribution in [0.3, 0.4) is 0 Å². The minimum absolute atomic E-state index is 0.230. The zero-order valence-corrected chi connectivity index (χ0v) is 15.9. The lowest BCUT2D eigenvalue weighted by Gasteiger charge is -2.21. The van der Waals surface area contributed by atoms with Crippen LogP contribution in [0.1, 0.15) is 12.5 Å². The third-order valence-electron chi connectivity index (χ3n) is 4.21. The summed E-state index contributed by atoms with van der Waals surface area (Å²) in [5, 5.41) is 4.87. The molecule has 0 aliphatic carbocycles. The van der Waals surface area contributed by atoms with Crippen LogP contribution in [0.2, 0.25) is 0 Å². The van der Waals surface area contributed by atoms with Crippen LogP contribution in [-0.4, -0.2) is 73.3 Å². The van der Waals surface area contributed by atoms with E-state index < -0.39 is 42.5 Å². The molecule has 1 aliphatic rings. The highest BCUT2D eigenvalue weighted by molar-refractivity contribution is 6.08. The van der Waals surface area contributed by atoms with E-state index in [2.05, 4.69) is 10.6 Å². The highest BCUT2D eigenvalue weighted by atomic mass is 16.5. The van der Waals surface area contributed by atoms with Crippen molar-refractivity contribution in [2.75, 3.05) is 33.8 Å². The highest BCUT2D eigenvalue weighted by Gasteiger charge is 2.49. The van der Waals surface area contributed by atoms with E-state index in [4.69, 9.17) is 4.74 Å². The number of urea groups is 1. The van der Waals surface area contributed by atoms with Gasteiger partial charge in [0.15, 0.2) is 6.61 Å². The lowest BCUT2D eigenvalue weighted by molar-refractivity contribution is -0.151. The minimum Gasteiger partial charge on any atom is -0.454 e. The topological polar surface area (TPSA) is 125 Å². The summed E-state index contributed by atoms with van der Waals surface area (Å²) in [5.41, 5.74) is -0.711. The van der Waals surface area contributed by atoms with Crippen LogP contribution in [0, 0.1) is 0 Å². The summed E-state index contributed by atoms with van der Waals surface area (Å²) < 4.78 is 4.78. The van der Waals surface area contributed by atoms with E-state index in [1.165, 1.54) is 19.0 Å². The lowest BCUT2D eigenvalue weighted by Crippen LogP contribution is -2.42. The van der Waals surface area contributed by atoms with Crippen LogP contribution >= 0.6 is 0 Å². The Bertz CT molecular complexity index is 795. The predicted octanol–water partition coefficient (Wildman–Crippen LogP) is -0.799. The van der Waals surface area contributed by atoms with E-state index in [-0.39, 0.29) is 12.5 Å². The molecule has 0 unspecified atom stereocenters. The van der Waals surface area contributed by atoms with Crippen molar-refractivity contribution in [1.29, 1.82) is 0 Å². The fraction of sp³-hybridized carbons (Fsp3) is 0.389. The lowest BCUT2D eigenvalue weighted by atomic mass is 9.92. The number of imide groups is 1. The number of rotatable bonds is 7. The van der Waals surface area contributed by atoms with Gasteiger partial charge in [-0.25, -0.2) is 4.79 Å². The van der Waals surface area contributed by atoms with Gasteiger partial charge in [-0.2, -0.15) is 0 Å². The van der Waals surface area contributed by atoms with Crippen molar-refractivity contribution in [2.45, 2.75) is 12.5 Å². The number of nitrogens with one attached hydrogen (secondary N) is 2. The van der Waals surface area contributed by atoms with Crippen molar-refractivity contribution in [1.82, 2.24) is 20.4 Å². The summed E-state index contributed by atoms with van der Waals surface area (Å²) in [6.07, 6.45) is 0. The fourth-order valence-electron chi connectivity index (χ4n) is 2.51. The molecule has 28 heavy (non-hydrogen) atoms. The molecule has 2 rings (SSSR count). The molecule has 1 atom stereocenters.